The standard InChI is InChI=1S/C10H17BrN4O2/c1-3-12-9-8(11)10(15-6-14-9)13-4-7(16)5-17-2/h6-7,16H,3-5H2,1-2H3,(H2,12,13,14,15). The second-order valence-electron chi connectivity index (χ2n) is 3.41. The molecule has 0 aliphatic heterocycles. The molecule has 96 valence electrons. The normalized spacial score (nSPS) is 12.2. The van der Waals surface area contributed by atoms with Gasteiger partial charge in [-0.05, 0) is 22.9 Å². The highest BCUT2D eigenvalue weighted by Gasteiger charge is 2.09. The van der Waals surface area contributed by atoms with Crippen LogP contribution in [0.5, 0.6) is 0 Å². The summed E-state index contributed by atoms with van der Waals surface area (Å²) in [6.45, 7) is 3.43. The van der Waals surface area contributed by atoms with Crippen molar-refractivity contribution < 1.29 is 9.84 Å². The van der Waals surface area contributed by atoms with Gasteiger partial charge in [0.1, 0.15) is 22.4 Å². The van der Waals surface area contributed by atoms with Gasteiger partial charge in [-0.3, -0.25) is 0 Å². The van der Waals surface area contributed by atoms with Crippen LogP contribution in [-0.2, 0) is 4.74 Å². The van der Waals surface area contributed by atoms with Gasteiger partial charge in [0.15, 0.2) is 0 Å². The van der Waals surface area contributed by atoms with Gasteiger partial charge in [-0.2, -0.15) is 0 Å². The lowest BCUT2D eigenvalue weighted by molar-refractivity contribution is 0.0727. The number of hydrogen-bond acceptors (Lipinski definition) is 6. The van der Waals surface area contributed by atoms with Crippen molar-refractivity contribution >= 4 is 27.6 Å². The van der Waals surface area contributed by atoms with E-state index in [9.17, 15) is 5.11 Å². The molecule has 1 rings (SSSR count). The van der Waals surface area contributed by atoms with Crippen molar-refractivity contribution in [3.8, 4) is 0 Å². The Morgan fingerprint density at radius 1 is 1.41 bits per heavy atom. The van der Waals surface area contributed by atoms with Crippen LogP contribution >= 0.6 is 15.9 Å². The Morgan fingerprint density at radius 2 is 2.06 bits per heavy atom. The smallest absolute Gasteiger partial charge is 0.146 e. The second kappa shape index (κ2) is 7.41. The fourth-order valence-electron chi connectivity index (χ4n) is 1.25. The first-order valence-electron chi connectivity index (χ1n) is 5.34. The highest BCUT2D eigenvalue weighted by molar-refractivity contribution is 9.10. The van der Waals surface area contributed by atoms with Crippen molar-refractivity contribution in [2.45, 2.75) is 13.0 Å². The number of anilines is 2. The molecule has 17 heavy (non-hydrogen) atoms. The molecule has 3 N–H and O–H groups in total. The Balaban J connectivity index is 2.61. The minimum absolute atomic E-state index is 0.287. The molecule has 0 amide bonds. The minimum Gasteiger partial charge on any atom is -0.389 e. The highest BCUT2D eigenvalue weighted by atomic mass is 79.9. The minimum atomic E-state index is -0.565. The van der Waals surface area contributed by atoms with Gasteiger partial charge in [-0.25, -0.2) is 9.97 Å². The average Bonchev–Trinajstić information content (AvgIpc) is 2.31. The van der Waals surface area contributed by atoms with Gasteiger partial charge in [-0.1, -0.05) is 0 Å². The number of hydrogen-bond donors (Lipinski definition) is 3. The van der Waals surface area contributed by atoms with Crippen LogP contribution in [0.15, 0.2) is 10.8 Å². The summed E-state index contributed by atoms with van der Waals surface area (Å²) in [5.41, 5.74) is 0. The third kappa shape index (κ3) is 4.45. The number of halogens is 1. The van der Waals surface area contributed by atoms with Crippen LogP contribution in [0.25, 0.3) is 0 Å². The molecule has 0 saturated carbocycles. The van der Waals surface area contributed by atoms with E-state index in [1.54, 1.807) is 7.11 Å². The zero-order chi connectivity index (χ0) is 12.7. The van der Waals surface area contributed by atoms with Gasteiger partial charge in [-0.15, -0.1) is 0 Å². The highest BCUT2D eigenvalue weighted by Crippen LogP contribution is 2.26. The summed E-state index contributed by atoms with van der Waals surface area (Å²) in [5, 5.41) is 15.6. The molecule has 1 atom stereocenters. The number of aliphatic hydroxyl groups excluding tert-OH is 1. The van der Waals surface area contributed by atoms with E-state index in [0.717, 1.165) is 16.8 Å². The van der Waals surface area contributed by atoms with Crippen LogP contribution in [0.4, 0.5) is 11.6 Å². The molecular weight excluding hydrogens is 288 g/mol. The maximum absolute atomic E-state index is 9.51. The molecule has 7 heteroatoms. The van der Waals surface area contributed by atoms with E-state index in [-0.39, 0.29) is 6.61 Å². The summed E-state index contributed by atoms with van der Waals surface area (Å²) in [7, 11) is 1.55. The Morgan fingerprint density at radius 3 is 2.65 bits per heavy atom. The third-order valence-electron chi connectivity index (χ3n) is 2.00. The van der Waals surface area contributed by atoms with Crippen molar-refractivity contribution in [3.63, 3.8) is 0 Å². The maximum atomic E-state index is 9.51. The number of aliphatic hydroxyl groups is 1. The van der Waals surface area contributed by atoms with Gasteiger partial charge >= 0.3 is 0 Å². The van der Waals surface area contributed by atoms with E-state index >= 15 is 0 Å². The lowest BCUT2D eigenvalue weighted by atomic mass is 10.3. The summed E-state index contributed by atoms with van der Waals surface area (Å²) in [6, 6.07) is 0. The first kappa shape index (κ1) is 14.1. The van der Waals surface area contributed by atoms with Crippen LogP contribution in [0.1, 0.15) is 6.92 Å². The molecular formula is C10H17BrN4O2. The second-order valence-corrected chi connectivity index (χ2v) is 4.20. The largest absolute Gasteiger partial charge is 0.389 e. The summed E-state index contributed by atoms with van der Waals surface area (Å²) >= 11 is 3.41. The number of aromatic nitrogens is 2. The SMILES string of the molecule is CCNc1ncnc(NCC(O)COC)c1Br. The van der Waals surface area contributed by atoms with E-state index < -0.39 is 6.10 Å². The molecule has 1 aromatic heterocycles. The third-order valence-corrected chi connectivity index (χ3v) is 2.75. The lowest BCUT2D eigenvalue weighted by Crippen LogP contribution is -2.24. The molecule has 0 bridgehead atoms. The van der Waals surface area contributed by atoms with Crippen molar-refractivity contribution in [3.05, 3.63) is 10.8 Å². The van der Waals surface area contributed by atoms with Crippen LogP contribution in [0.3, 0.4) is 0 Å². The van der Waals surface area contributed by atoms with Gasteiger partial charge in [0.2, 0.25) is 0 Å². The summed E-state index contributed by atoms with van der Waals surface area (Å²) in [5.74, 6) is 1.37. The molecule has 0 aromatic carbocycles. The number of methoxy groups -OCH3 is 1. The van der Waals surface area contributed by atoms with E-state index in [0.29, 0.717) is 12.4 Å². The summed E-state index contributed by atoms with van der Waals surface area (Å²) in [6.07, 6.45) is 0.901. The molecule has 0 aliphatic rings. The van der Waals surface area contributed by atoms with Crippen LogP contribution in [-0.4, -0.2) is 48.0 Å². The predicted molar refractivity (Wildman–Crippen MR) is 70.3 cm³/mol. The predicted octanol–water partition coefficient (Wildman–Crippen LogP) is 1.09. The Labute approximate surface area is 109 Å². The molecule has 1 heterocycles. The molecule has 0 fully saturated rings. The van der Waals surface area contributed by atoms with E-state index in [1.165, 1.54) is 6.33 Å². The van der Waals surface area contributed by atoms with E-state index in [4.69, 9.17) is 4.74 Å². The van der Waals surface area contributed by atoms with Crippen molar-refractivity contribution in [1.82, 2.24) is 9.97 Å². The molecule has 0 saturated heterocycles. The van der Waals surface area contributed by atoms with Crippen LogP contribution in [0, 0.1) is 0 Å². The van der Waals surface area contributed by atoms with Crippen LogP contribution in [0.2, 0.25) is 0 Å². The van der Waals surface area contributed by atoms with Crippen molar-refractivity contribution in [2.24, 2.45) is 0 Å². The maximum Gasteiger partial charge on any atom is 0.146 e. The fraction of sp³-hybridized carbons (Fsp3) is 0.600. The van der Waals surface area contributed by atoms with Gasteiger partial charge < -0.3 is 20.5 Å². The molecule has 0 radical (unpaired) electrons. The molecule has 1 aromatic rings. The molecule has 6 nitrogen and oxygen atoms in total. The Kier molecular flexibility index (Phi) is 6.17. The quantitative estimate of drug-likeness (QED) is 0.700. The monoisotopic (exact) mass is 304 g/mol. The van der Waals surface area contributed by atoms with Gasteiger partial charge in [0.05, 0.1) is 12.7 Å². The average molecular weight is 305 g/mol. The van der Waals surface area contributed by atoms with Crippen molar-refractivity contribution in [1.29, 1.82) is 0 Å². The number of rotatable bonds is 7. The zero-order valence-corrected chi connectivity index (χ0v) is 11.5. The fourth-order valence-corrected chi connectivity index (χ4v) is 1.73. The summed E-state index contributed by atoms with van der Waals surface area (Å²) < 4.78 is 5.59. The number of ether oxygens (including phenoxy) is 1. The lowest BCUT2D eigenvalue weighted by Gasteiger charge is -2.13. The summed E-state index contributed by atoms with van der Waals surface area (Å²) in [4.78, 5) is 8.19. The van der Waals surface area contributed by atoms with Crippen molar-refractivity contribution in [2.75, 3.05) is 37.4 Å². The topological polar surface area (TPSA) is 79.3 Å². The first-order valence-corrected chi connectivity index (χ1v) is 6.13. The van der Waals surface area contributed by atoms with E-state index in [1.807, 2.05) is 6.92 Å². The van der Waals surface area contributed by atoms with Gasteiger partial charge in [0, 0.05) is 20.2 Å². The zero-order valence-electron chi connectivity index (χ0n) is 9.90. The van der Waals surface area contributed by atoms with E-state index in [2.05, 4.69) is 36.5 Å². The molecule has 1 unspecified atom stereocenters. The van der Waals surface area contributed by atoms with Crippen LogP contribution < -0.4 is 10.6 Å². The first-order chi connectivity index (χ1) is 8.19. The Bertz CT molecular complexity index is 351. The number of nitrogens with one attached hydrogen (secondary N) is 2. The number of nitrogens with zero attached hydrogens (tertiary/aromatic N) is 2. The Hall–Kier alpha value is -0.920. The molecule has 0 aliphatic carbocycles. The van der Waals surface area contributed by atoms with Gasteiger partial charge in [0.25, 0.3) is 0 Å². The molecule has 0 spiro atoms.